The monoisotopic (exact) mass is 515 g/mol. The molecule has 0 fully saturated rings. The van der Waals surface area contributed by atoms with Crippen LogP contribution in [0.4, 0.5) is 0 Å². The highest BCUT2D eigenvalue weighted by atomic mass is 16.5. The van der Waals surface area contributed by atoms with E-state index in [1.165, 1.54) is 0 Å². The number of ether oxygens (including phenoxy) is 3. The molecule has 0 saturated heterocycles. The molecule has 0 aromatic heterocycles. The molecule has 6 heteroatoms. The third kappa shape index (κ3) is 7.72. The first-order chi connectivity index (χ1) is 18.4. The van der Waals surface area contributed by atoms with Crippen molar-refractivity contribution < 1.29 is 23.8 Å². The average molecular weight is 516 g/mol. The lowest BCUT2D eigenvalue weighted by molar-refractivity contribution is -0.138. The fourth-order valence-corrected chi connectivity index (χ4v) is 4.00. The largest absolute Gasteiger partial charge is 0.497 e. The Morgan fingerprint density at radius 2 is 1.74 bits per heavy atom. The van der Waals surface area contributed by atoms with E-state index in [-0.39, 0.29) is 11.9 Å². The summed E-state index contributed by atoms with van der Waals surface area (Å²) in [5.74, 6) is 1.08. The first kappa shape index (κ1) is 28.5. The smallest absolute Gasteiger partial charge is 0.333 e. The van der Waals surface area contributed by atoms with Crippen molar-refractivity contribution in [2.24, 2.45) is 0 Å². The normalized spacial score (nSPS) is 11.1. The summed E-state index contributed by atoms with van der Waals surface area (Å²) >= 11 is 0. The quantitative estimate of drug-likeness (QED) is 0.151. The fraction of sp³-hybridized carbons (Fsp3) is 0.312. The minimum Gasteiger partial charge on any atom is -0.497 e. The summed E-state index contributed by atoms with van der Waals surface area (Å²) in [6, 6.07) is 21.2. The first-order valence-electron chi connectivity index (χ1n) is 13.0. The molecular weight excluding hydrogens is 478 g/mol. The van der Waals surface area contributed by atoms with E-state index in [4.69, 9.17) is 14.2 Å². The topological polar surface area (TPSA) is 65.1 Å². The van der Waals surface area contributed by atoms with E-state index >= 15 is 0 Å². The van der Waals surface area contributed by atoms with Crippen molar-refractivity contribution in [2.45, 2.75) is 40.2 Å². The molecular formula is C32H37NO5. The molecule has 3 aromatic rings. The number of amides is 1. The van der Waals surface area contributed by atoms with Crippen molar-refractivity contribution in [3.8, 4) is 22.6 Å². The summed E-state index contributed by atoms with van der Waals surface area (Å²) in [7, 11) is 3.40. The number of benzene rings is 3. The Labute approximate surface area is 225 Å². The lowest BCUT2D eigenvalue weighted by atomic mass is 9.99. The Balaban J connectivity index is 1.85. The maximum absolute atomic E-state index is 12.9. The van der Waals surface area contributed by atoms with Crippen LogP contribution in [-0.4, -0.2) is 44.1 Å². The molecule has 1 amide bonds. The molecule has 0 spiro atoms. The lowest BCUT2D eigenvalue weighted by Gasteiger charge is -2.19. The second-order valence-corrected chi connectivity index (χ2v) is 9.10. The highest BCUT2D eigenvalue weighted by Crippen LogP contribution is 2.33. The molecule has 200 valence electrons. The minimum absolute atomic E-state index is 0.0604. The van der Waals surface area contributed by atoms with Crippen molar-refractivity contribution in [1.29, 1.82) is 0 Å². The van der Waals surface area contributed by atoms with E-state index < -0.39 is 0 Å². The lowest BCUT2D eigenvalue weighted by Crippen LogP contribution is -2.26. The maximum Gasteiger partial charge on any atom is 0.333 e. The van der Waals surface area contributed by atoms with E-state index in [0.29, 0.717) is 36.6 Å². The number of carbonyl (C=O) groups excluding carboxylic acids is 2. The molecule has 0 aliphatic rings. The molecule has 38 heavy (non-hydrogen) atoms. The van der Waals surface area contributed by atoms with E-state index in [0.717, 1.165) is 40.8 Å². The predicted octanol–water partition coefficient (Wildman–Crippen LogP) is 6.78. The van der Waals surface area contributed by atoms with Gasteiger partial charge in [-0.05, 0) is 79.4 Å². The van der Waals surface area contributed by atoms with Crippen LogP contribution in [-0.2, 0) is 16.1 Å². The third-order valence-corrected chi connectivity index (χ3v) is 6.08. The summed E-state index contributed by atoms with van der Waals surface area (Å²) in [5, 5.41) is 0. The van der Waals surface area contributed by atoms with Gasteiger partial charge in [-0.25, -0.2) is 4.79 Å². The number of unbranched alkanes of at least 4 members (excludes halogenated alkanes) is 1. The van der Waals surface area contributed by atoms with E-state index in [1.807, 2.05) is 42.5 Å². The van der Waals surface area contributed by atoms with Gasteiger partial charge in [0.2, 0.25) is 0 Å². The van der Waals surface area contributed by atoms with Crippen LogP contribution >= 0.6 is 0 Å². The van der Waals surface area contributed by atoms with Crippen LogP contribution in [0.1, 0.15) is 55.1 Å². The molecule has 3 rings (SSSR count). The van der Waals surface area contributed by atoms with Crippen LogP contribution < -0.4 is 9.47 Å². The van der Waals surface area contributed by atoms with Crippen molar-refractivity contribution in [2.75, 3.05) is 27.4 Å². The number of carbonyl (C=O) groups is 2. The SMILES string of the molecule is CCCCOc1cc(C=C(C)C(=O)OCC)ccc1-c1cccc(CN(C)C(=O)c2ccc(OC)cc2)c1. The number of methoxy groups -OCH3 is 1. The van der Waals surface area contributed by atoms with Gasteiger partial charge in [0.1, 0.15) is 11.5 Å². The zero-order chi connectivity index (χ0) is 27.5. The summed E-state index contributed by atoms with van der Waals surface area (Å²) in [5.41, 5.74) is 4.97. The van der Waals surface area contributed by atoms with E-state index in [1.54, 1.807) is 57.2 Å². The second kappa shape index (κ2) is 14.0. The molecule has 0 bridgehead atoms. The van der Waals surface area contributed by atoms with Crippen LogP contribution in [0.2, 0.25) is 0 Å². The average Bonchev–Trinajstić information content (AvgIpc) is 2.93. The van der Waals surface area contributed by atoms with Crippen LogP contribution in [0.25, 0.3) is 17.2 Å². The van der Waals surface area contributed by atoms with Crippen molar-refractivity contribution in [3.05, 3.63) is 89.0 Å². The molecule has 0 atom stereocenters. The second-order valence-electron chi connectivity index (χ2n) is 9.10. The zero-order valence-corrected chi connectivity index (χ0v) is 23.0. The van der Waals surface area contributed by atoms with Crippen LogP contribution in [0.5, 0.6) is 11.5 Å². The number of hydrogen-bond acceptors (Lipinski definition) is 5. The summed E-state index contributed by atoms with van der Waals surface area (Å²) in [6.07, 6.45) is 3.78. The molecule has 0 N–H and O–H groups in total. The first-order valence-corrected chi connectivity index (χ1v) is 13.0. The standard InChI is InChI=1S/C32H37NO5/c1-6-8-18-38-30-21-24(19-23(3)32(35)37-7-2)12-17-29(30)27-11-9-10-25(20-27)22-33(4)31(34)26-13-15-28(36-5)16-14-26/h9-17,19-21H,6-8,18,22H2,1-5H3. The molecule has 0 unspecified atom stereocenters. The Morgan fingerprint density at radius 1 is 0.974 bits per heavy atom. The van der Waals surface area contributed by atoms with Gasteiger partial charge in [0.25, 0.3) is 5.91 Å². The van der Waals surface area contributed by atoms with Crippen molar-refractivity contribution in [1.82, 2.24) is 4.90 Å². The van der Waals surface area contributed by atoms with Crippen molar-refractivity contribution >= 4 is 18.0 Å². The highest BCUT2D eigenvalue weighted by Gasteiger charge is 2.14. The van der Waals surface area contributed by atoms with E-state index in [9.17, 15) is 9.59 Å². The highest BCUT2D eigenvalue weighted by molar-refractivity contribution is 5.94. The summed E-state index contributed by atoms with van der Waals surface area (Å²) in [6.45, 7) is 7.07. The minimum atomic E-state index is -0.328. The Morgan fingerprint density at radius 3 is 2.42 bits per heavy atom. The van der Waals surface area contributed by atoms with Gasteiger partial charge >= 0.3 is 5.97 Å². The summed E-state index contributed by atoms with van der Waals surface area (Å²) in [4.78, 5) is 26.7. The van der Waals surface area contributed by atoms with Crippen molar-refractivity contribution in [3.63, 3.8) is 0 Å². The zero-order valence-electron chi connectivity index (χ0n) is 23.0. The molecule has 6 nitrogen and oxygen atoms in total. The number of esters is 1. The van der Waals surface area contributed by atoms with Gasteiger partial charge in [0.05, 0.1) is 20.3 Å². The predicted molar refractivity (Wildman–Crippen MR) is 151 cm³/mol. The Bertz CT molecular complexity index is 1260. The molecule has 0 saturated carbocycles. The van der Waals surface area contributed by atoms with Gasteiger partial charge in [-0.2, -0.15) is 0 Å². The van der Waals surface area contributed by atoms with Gasteiger partial charge in [0.15, 0.2) is 0 Å². The molecule has 0 aliphatic carbocycles. The molecule has 0 heterocycles. The number of nitrogens with zero attached hydrogens (tertiary/aromatic N) is 1. The maximum atomic E-state index is 12.9. The molecule has 0 aliphatic heterocycles. The van der Waals surface area contributed by atoms with Gasteiger partial charge in [-0.15, -0.1) is 0 Å². The van der Waals surface area contributed by atoms with Crippen LogP contribution in [0.15, 0.2) is 72.3 Å². The van der Waals surface area contributed by atoms with Gasteiger partial charge in [-0.3, -0.25) is 4.79 Å². The van der Waals surface area contributed by atoms with Gasteiger partial charge in [0, 0.05) is 30.3 Å². The molecule has 3 aromatic carbocycles. The number of rotatable bonds is 12. The van der Waals surface area contributed by atoms with E-state index in [2.05, 4.69) is 13.0 Å². The van der Waals surface area contributed by atoms with Gasteiger partial charge < -0.3 is 19.1 Å². The third-order valence-electron chi connectivity index (χ3n) is 6.08. The van der Waals surface area contributed by atoms with Gasteiger partial charge in [-0.1, -0.05) is 43.7 Å². The van der Waals surface area contributed by atoms with Crippen LogP contribution in [0.3, 0.4) is 0 Å². The Kier molecular flexibility index (Phi) is 10.5. The van der Waals surface area contributed by atoms with Crippen LogP contribution in [0, 0.1) is 0 Å². The fourth-order valence-electron chi connectivity index (χ4n) is 4.00. The summed E-state index contributed by atoms with van der Waals surface area (Å²) < 4.78 is 16.5. The Hall–Kier alpha value is -4.06. The molecule has 0 radical (unpaired) electrons. The number of hydrogen-bond donors (Lipinski definition) is 0.